The van der Waals surface area contributed by atoms with E-state index in [4.69, 9.17) is 9.47 Å². The Bertz CT molecular complexity index is 818. The van der Waals surface area contributed by atoms with Crippen molar-refractivity contribution < 1.29 is 44.2 Å². The maximum atomic E-state index is 12.6. The lowest BCUT2D eigenvalue weighted by atomic mass is 10.3. The van der Waals surface area contributed by atoms with Crippen molar-refractivity contribution in [1.29, 1.82) is 0 Å². The third kappa shape index (κ3) is 7.48. The second kappa shape index (κ2) is 8.93. The van der Waals surface area contributed by atoms with Gasteiger partial charge in [-0.05, 0) is 48.5 Å². The summed E-state index contributed by atoms with van der Waals surface area (Å²) >= 11 is 0. The van der Waals surface area contributed by atoms with Crippen LogP contribution in [0.25, 0.3) is 0 Å². The highest BCUT2D eigenvalue weighted by molar-refractivity contribution is 7.91. The SMILES string of the molecule is O=S(=O)(c1ccc(OCCC(F)(F)F)cc1)c1ccc(OCCC(F)(F)F)cc1. The van der Waals surface area contributed by atoms with Crippen molar-refractivity contribution in [1.82, 2.24) is 0 Å². The zero-order valence-electron chi connectivity index (χ0n) is 14.8. The van der Waals surface area contributed by atoms with Crippen molar-refractivity contribution in [3.8, 4) is 11.5 Å². The minimum atomic E-state index is -4.36. The Hall–Kier alpha value is -2.43. The summed E-state index contributed by atoms with van der Waals surface area (Å²) in [6, 6.07) is 9.68. The van der Waals surface area contributed by atoms with E-state index in [2.05, 4.69) is 0 Å². The van der Waals surface area contributed by atoms with Crippen LogP contribution in [0, 0.1) is 0 Å². The summed E-state index contributed by atoms with van der Waals surface area (Å²) in [4.78, 5) is -0.238. The Balaban J connectivity index is 2.01. The molecule has 2 rings (SSSR count). The molecule has 0 bridgehead atoms. The van der Waals surface area contributed by atoms with Gasteiger partial charge >= 0.3 is 12.4 Å². The van der Waals surface area contributed by atoms with Gasteiger partial charge in [0.25, 0.3) is 0 Å². The fourth-order valence-corrected chi connectivity index (χ4v) is 3.40. The van der Waals surface area contributed by atoms with Gasteiger partial charge in [0.1, 0.15) is 11.5 Å². The zero-order chi connectivity index (χ0) is 21.7. The highest BCUT2D eigenvalue weighted by atomic mass is 32.2. The Labute approximate surface area is 163 Å². The second-order valence-corrected chi connectivity index (χ2v) is 7.82. The molecule has 11 heteroatoms. The molecule has 0 saturated carbocycles. The van der Waals surface area contributed by atoms with E-state index in [0.717, 1.165) is 0 Å². The van der Waals surface area contributed by atoms with Gasteiger partial charge in [0.15, 0.2) is 0 Å². The average molecular weight is 442 g/mol. The summed E-state index contributed by atoms with van der Waals surface area (Å²) < 4.78 is 108. The minimum absolute atomic E-state index is 0.0848. The number of sulfone groups is 1. The molecule has 0 aromatic heterocycles. The van der Waals surface area contributed by atoms with E-state index >= 15 is 0 Å². The summed E-state index contributed by atoms with van der Waals surface area (Å²) in [6.07, 6.45) is -11.0. The van der Waals surface area contributed by atoms with E-state index < -0.39 is 48.2 Å². The molecule has 0 N–H and O–H groups in total. The Morgan fingerprint density at radius 1 is 0.621 bits per heavy atom. The van der Waals surface area contributed by atoms with E-state index in [9.17, 15) is 34.8 Å². The van der Waals surface area contributed by atoms with Crippen LogP contribution in [0.1, 0.15) is 12.8 Å². The van der Waals surface area contributed by atoms with Gasteiger partial charge in [0, 0.05) is 0 Å². The summed E-state index contributed by atoms with van der Waals surface area (Å²) in [6.45, 7) is -1.18. The molecule has 0 aliphatic carbocycles. The Kier molecular flexibility index (Phi) is 7.04. The number of alkyl halides is 6. The van der Waals surface area contributed by atoms with Crippen LogP contribution in [0.5, 0.6) is 11.5 Å². The number of hydrogen-bond donors (Lipinski definition) is 0. The molecule has 0 fully saturated rings. The third-order valence-electron chi connectivity index (χ3n) is 3.58. The molecule has 0 spiro atoms. The predicted octanol–water partition coefficient (Wildman–Crippen LogP) is 5.18. The third-order valence-corrected chi connectivity index (χ3v) is 5.36. The highest BCUT2D eigenvalue weighted by Gasteiger charge is 2.27. The first-order valence-electron chi connectivity index (χ1n) is 8.21. The number of hydrogen-bond acceptors (Lipinski definition) is 4. The molecule has 4 nitrogen and oxygen atoms in total. The van der Waals surface area contributed by atoms with Gasteiger partial charge in [-0.1, -0.05) is 0 Å². The fourth-order valence-electron chi connectivity index (χ4n) is 2.14. The van der Waals surface area contributed by atoms with Crippen LogP contribution in [0.2, 0.25) is 0 Å². The lowest BCUT2D eigenvalue weighted by Gasteiger charge is -2.11. The largest absolute Gasteiger partial charge is 0.493 e. The monoisotopic (exact) mass is 442 g/mol. The van der Waals surface area contributed by atoms with Crippen LogP contribution >= 0.6 is 0 Å². The van der Waals surface area contributed by atoms with Crippen molar-refractivity contribution in [2.24, 2.45) is 0 Å². The second-order valence-electron chi connectivity index (χ2n) is 5.87. The Morgan fingerprint density at radius 3 is 1.21 bits per heavy atom. The van der Waals surface area contributed by atoms with Crippen molar-refractivity contribution >= 4 is 9.84 Å². The van der Waals surface area contributed by atoms with Crippen LogP contribution in [0.4, 0.5) is 26.3 Å². The van der Waals surface area contributed by atoms with Gasteiger partial charge in [0.05, 0.1) is 35.8 Å². The number of halogens is 6. The molecular formula is C18H16F6O4S. The maximum absolute atomic E-state index is 12.6. The molecule has 0 aliphatic heterocycles. The summed E-state index contributed by atoms with van der Waals surface area (Å²) in [7, 11) is -3.93. The average Bonchev–Trinajstić information content (AvgIpc) is 2.60. The van der Waals surface area contributed by atoms with Gasteiger partial charge in [-0.25, -0.2) is 8.42 Å². The van der Waals surface area contributed by atoms with Gasteiger partial charge in [-0.3, -0.25) is 0 Å². The van der Waals surface area contributed by atoms with Crippen molar-refractivity contribution in [2.45, 2.75) is 35.0 Å². The van der Waals surface area contributed by atoms with Gasteiger partial charge in [-0.2, -0.15) is 26.3 Å². The first-order valence-corrected chi connectivity index (χ1v) is 9.69. The molecule has 0 heterocycles. The number of ether oxygens (including phenoxy) is 2. The van der Waals surface area contributed by atoms with Crippen LogP contribution in [-0.2, 0) is 9.84 Å². The van der Waals surface area contributed by atoms with Crippen LogP contribution in [0.15, 0.2) is 58.3 Å². The molecular weight excluding hydrogens is 426 g/mol. The lowest BCUT2D eigenvalue weighted by Crippen LogP contribution is -2.13. The van der Waals surface area contributed by atoms with Crippen LogP contribution in [-0.4, -0.2) is 34.0 Å². The number of benzene rings is 2. The van der Waals surface area contributed by atoms with Gasteiger partial charge in [-0.15, -0.1) is 0 Å². The van der Waals surface area contributed by atoms with Crippen molar-refractivity contribution in [2.75, 3.05) is 13.2 Å². The molecule has 0 radical (unpaired) electrons. The lowest BCUT2D eigenvalue weighted by molar-refractivity contribution is -0.140. The van der Waals surface area contributed by atoms with Crippen molar-refractivity contribution in [3.05, 3.63) is 48.5 Å². The number of rotatable bonds is 8. The first-order chi connectivity index (χ1) is 13.4. The van der Waals surface area contributed by atoms with E-state index in [-0.39, 0.29) is 21.3 Å². The smallest absolute Gasteiger partial charge is 0.392 e. The molecule has 0 saturated heterocycles. The molecule has 0 unspecified atom stereocenters. The molecule has 2 aromatic rings. The predicted molar refractivity (Wildman–Crippen MR) is 90.7 cm³/mol. The quantitative estimate of drug-likeness (QED) is 0.529. The van der Waals surface area contributed by atoms with Crippen LogP contribution < -0.4 is 9.47 Å². The van der Waals surface area contributed by atoms with Gasteiger partial charge in [0.2, 0.25) is 9.84 Å². The topological polar surface area (TPSA) is 52.6 Å². The van der Waals surface area contributed by atoms with Gasteiger partial charge < -0.3 is 9.47 Å². The van der Waals surface area contributed by atoms with Crippen LogP contribution in [0.3, 0.4) is 0 Å². The molecule has 29 heavy (non-hydrogen) atoms. The molecule has 160 valence electrons. The van der Waals surface area contributed by atoms with E-state index in [1.165, 1.54) is 48.5 Å². The highest BCUT2D eigenvalue weighted by Crippen LogP contribution is 2.26. The molecule has 0 aliphatic rings. The maximum Gasteiger partial charge on any atom is 0.392 e. The van der Waals surface area contributed by atoms with E-state index in [0.29, 0.717) is 0 Å². The van der Waals surface area contributed by atoms with E-state index in [1.54, 1.807) is 0 Å². The molecule has 0 amide bonds. The fraction of sp³-hybridized carbons (Fsp3) is 0.333. The first kappa shape index (κ1) is 22.9. The molecule has 0 atom stereocenters. The molecule has 2 aromatic carbocycles. The van der Waals surface area contributed by atoms with Crippen molar-refractivity contribution in [3.63, 3.8) is 0 Å². The summed E-state index contributed by atoms with van der Waals surface area (Å²) in [5, 5.41) is 0. The Morgan fingerprint density at radius 2 is 0.931 bits per heavy atom. The standard InChI is InChI=1S/C18H16F6O4S/c19-17(20,21)9-11-27-13-1-5-15(6-2-13)29(25,26)16-7-3-14(4-8-16)28-12-10-18(22,23)24/h1-8H,9-12H2. The zero-order valence-corrected chi connectivity index (χ0v) is 15.6. The summed E-state index contributed by atoms with van der Waals surface area (Å²) in [5.74, 6) is 0.170. The summed E-state index contributed by atoms with van der Waals surface area (Å²) in [5.41, 5.74) is 0. The normalized spacial score (nSPS) is 12.6. The minimum Gasteiger partial charge on any atom is -0.493 e. The van der Waals surface area contributed by atoms with E-state index in [1.807, 2.05) is 0 Å².